The van der Waals surface area contributed by atoms with Gasteiger partial charge in [0.2, 0.25) is 17.7 Å². The summed E-state index contributed by atoms with van der Waals surface area (Å²) in [6.45, 7) is 3.97. The number of amides is 3. The highest BCUT2D eigenvalue weighted by atomic mass is 16.5. The van der Waals surface area contributed by atoms with Crippen molar-refractivity contribution in [2.45, 2.75) is 52.0 Å². The van der Waals surface area contributed by atoms with Crippen LogP contribution >= 0.6 is 0 Å². The fraction of sp³-hybridized carbons (Fsp3) is 0.444. The molecule has 0 aliphatic carbocycles. The van der Waals surface area contributed by atoms with Crippen molar-refractivity contribution in [2.75, 3.05) is 7.05 Å². The standard InChI is InChI=1S/C27H37N3O4/c1-19(2)17-23(22(26(32)30-34)16-10-15-20-11-6-4-7-12-20)25(31)29-24(27(33)28-3)18-21-13-8-5-9-14-21/h4-9,11-14,19,22-24,34H,10,15-18H2,1-3H3,(H,28,33)(H,29,31)(H,30,32). The number of benzene rings is 2. The Bertz CT molecular complexity index is 903. The van der Waals surface area contributed by atoms with Crippen molar-refractivity contribution >= 4 is 17.7 Å². The Kier molecular flexibility index (Phi) is 11.3. The number of nitrogens with one attached hydrogen (secondary N) is 3. The highest BCUT2D eigenvalue weighted by Gasteiger charge is 2.35. The smallest absolute Gasteiger partial charge is 0.247 e. The van der Waals surface area contributed by atoms with Crippen LogP contribution in [0.5, 0.6) is 0 Å². The minimum atomic E-state index is -0.767. The van der Waals surface area contributed by atoms with Gasteiger partial charge in [-0.05, 0) is 42.7 Å². The molecule has 7 heteroatoms. The molecule has 0 saturated heterocycles. The van der Waals surface area contributed by atoms with Crippen LogP contribution in [0.25, 0.3) is 0 Å². The lowest BCUT2D eigenvalue weighted by atomic mass is 9.80. The molecule has 2 aromatic carbocycles. The van der Waals surface area contributed by atoms with E-state index in [1.807, 2.05) is 74.5 Å². The topological polar surface area (TPSA) is 108 Å². The molecule has 2 aromatic rings. The number of likely N-dealkylation sites (N-methyl/N-ethyl adjacent to an activating group) is 1. The number of rotatable bonds is 13. The first-order chi connectivity index (χ1) is 16.3. The van der Waals surface area contributed by atoms with Crippen molar-refractivity contribution in [1.29, 1.82) is 0 Å². The van der Waals surface area contributed by atoms with Crippen LogP contribution in [0.15, 0.2) is 60.7 Å². The van der Waals surface area contributed by atoms with E-state index in [0.29, 0.717) is 25.7 Å². The highest BCUT2D eigenvalue weighted by molar-refractivity contribution is 5.91. The Balaban J connectivity index is 2.19. The Hall–Kier alpha value is -3.19. The van der Waals surface area contributed by atoms with E-state index in [1.54, 1.807) is 5.48 Å². The molecule has 3 amide bonds. The number of hydrogen-bond acceptors (Lipinski definition) is 4. The van der Waals surface area contributed by atoms with Crippen LogP contribution in [-0.4, -0.2) is 36.0 Å². The number of carbonyl (C=O) groups is 3. The molecule has 2 rings (SSSR count). The molecule has 0 radical (unpaired) electrons. The van der Waals surface area contributed by atoms with E-state index in [0.717, 1.165) is 17.5 Å². The van der Waals surface area contributed by atoms with Gasteiger partial charge in [0.05, 0.1) is 5.92 Å². The quantitative estimate of drug-likeness (QED) is 0.268. The Morgan fingerprint density at radius 2 is 1.41 bits per heavy atom. The molecule has 0 aromatic heterocycles. The predicted molar refractivity (Wildman–Crippen MR) is 132 cm³/mol. The monoisotopic (exact) mass is 467 g/mol. The Morgan fingerprint density at radius 1 is 0.824 bits per heavy atom. The van der Waals surface area contributed by atoms with Gasteiger partial charge in [-0.3, -0.25) is 19.6 Å². The van der Waals surface area contributed by atoms with Gasteiger partial charge < -0.3 is 10.6 Å². The van der Waals surface area contributed by atoms with E-state index >= 15 is 0 Å². The summed E-state index contributed by atoms with van der Waals surface area (Å²) in [5, 5.41) is 14.9. The average Bonchev–Trinajstić information content (AvgIpc) is 2.85. The van der Waals surface area contributed by atoms with Crippen molar-refractivity contribution in [3.8, 4) is 0 Å². The molecule has 0 aliphatic rings. The SMILES string of the molecule is CNC(=O)C(Cc1ccccc1)NC(=O)C(CC(C)C)C(CCCc1ccccc1)C(=O)NO. The zero-order valence-electron chi connectivity index (χ0n) is 20.3. The summed E-state index contributed by atoms with van der Waals surface area (Å²) in [6.07, 6.45) is 2.69. The summed E-state index contributed by atoms with van der Waals surface area (Å²) < 4.78 is 0. The predicted octanol–water partition coefficient (Wildman–Crippen LogP) is 3.27. The third kappa shape index (κ3) is 8.63. The summed E-state index contributed by atoms with van der Waals surface area (Å²) >= 11 is 0. The second-order valence-corrected chi connectivity index (χ2v) is 9.06. The van der Waals surface area contributed by atoms with Crippen molar-refractivity contribution in [2.24, 2.45) is 17.8 Å². The zero-order chi connectivity index (χ0) is 24.9. The van der Waals surface area contributed by atoms with Gasteiger partial charge in [-0.1, -0.05) is 74.5 Å². The average molecular weight is 468 g/mol. The molecule has 0 fully saturated rings. The summed E-state index contributed by atoms with van der Waals surface area (Å²) in [5.74, 6) is -2.47. The third-order valence-electron chi connectivity index (χ3n) is 5.98. The van der Waals surface area contributed by atoms with E-state index in [-0.39, 0.29) is 17.7 Å². The van der Waals surface area contributed by atoms with E-state index < -0.39 is 23.8 Å². The molecule has 3 atom stereocenters. The number of hydroxylamine groups is 1. The maximum absolute atomic E-state index is 13.4. The molecule has 0 heterocycles. The summed E-state index contributed by atoms with van der Waals surface area (Å²) in [6, 6.07) is 18.6. The Morgan fingerprint density at radius 3 is 1.94 bits per heavy atom. The summed E-state index contributed by atoms with van der Waals surface area (Å²) in [4.78, 5) is 38.6. The molecule has 184 valence electrons. The number of aryl methyl sites for hydroxylation is 1. The molecule has 34 heavy (non-hydrogen) atoms. The molecule has 7 nitrogen and oxygen atoms in total. The molecule has 3 unspecified atom stereocenters. The molecule has 0 bridgehead atoms. The molecule has 0 aliphatic heterocycles. The lowest BCUT2D eigenvalue weighted by Crippen LogP contribution is -2.51. The first kappa shape index (κ1) is 27.1. The third-order valence-corrected chi connectivity index (χ3v) is 5.98. The van der Waals surface area contributed by atoms with Gasteiger partial charge in [-0.25, -0.2) is 5.48 Å². The van der Waals surface area contributed by atoms with Gasteiger partial charge in [0, 0.05) is 19.4 Å². The highest BCUT2D eigenvalue weighted by Crippen LogP contribution is 2.27. The summed E-state index contributed by atoms with van der Waals surface area (Å²) in [7, 11) is 1.53. The first-order valence-corrected chi connectivity index (χ1v) is 11.9. The largest absolute Gasteiger partial charge is 0.357 e. The molecule has 4 N–H and O–H groups in total. The fourth-order valence-corrected chi connectivity index (χ4v) is 4.24. The van der Waals surface area contributed by atoms with Gasteiger partial charge in [0.15, 0.2) is 0 Å². The van der Waals surface area contributed by atoms with Gasteiger partial charge in [0.1, 0.15) is 6.04 Å². The summed E-state index contributed by atoms with van der Waals surface area (Å²) in [5.41, 5.74) is 3.82. The lowest BCUT2D eigenvalue weighted by molar-refractivity contribution is -0.142. The zero-order valence-corrected chi connectivity index (χ0v) is 20.3. The maximum atomic E-state index is 13.4. The van der Waals surface area contributed by atoms with E-state index in [4.69, 9.17) is 0 Å². The van der Waals surface area contributed by atoms with Crippen LogP contribution in [0.4, 0.5) is 0 Å². The number of hydrogen-bond donors (Lipinski definition) is 4. The number of carbonyl (C=O) groups excluding carboxylic acids is 3. The van der Waals surface area contributed by atoms with Gasteiger partial charge in [-0.2, -0.15) is 0 Å². The molecular formula is C27H37N3O4. The first-order valence-electron chi connectivity index (χ1n) is 11.9. The molecule has 0 spiro atoms. The maximum Gasteiger partial charge on any atom is 0.247 e. The van der Waals surface area contributed by atoms with Crippen LogP contribution in [0.2, 0.25) is 0 Å². The van der Waals surface area contributed by atoms with Crippen molar-refractivity contribution in [3.63, 3.8) is 0 Å². The minimum Gasteiger partial charge on any atom is -0.357 e. The van der Waals surface area contributed by atoms with Crippen molar-refractivity contribution < 1.29 is 19.6 Å². The van der Waals surface area contributed by atoms with E-state index in [9.17, 15) is 19.6 Å². The van der Waals surface area contributed by atoms with Crippen LogP contribution < -0.4 is 16.1 Å². The fourth-order valence-electron chi connectivity index (χ4n) is 4.24. The van der Waals surface area contributed by atoms with Gasteiger partial charge >= 0.3 is 0 Å². The van der Waals surface area contributed by atoms with E-state index in [2.05, 4.69) is 10.6 Å². The molecular weight excluding hydrogens is 430 g/mol. The lowest BCUT2D eigenvalue weighted by Gasteiger charge is -2.28. The van der Waals surface area contributed by atoms with Crippen LogP contribution in [0, 0.1) is 17.8 Å². The normalized spacial score (nSPS) is 13.6. The Labute approximate surface area is 202 Å². The second kappa shape index (κ2) is 14.2. The van der Waals surface area contributed by atoms with Gasteiger partial charge in [0.25, 0.3) is 0 Å². The van der Waals surface area contributed by atoms with Crippen LogP contribution in [0.1, 0.15) is 44.2 Å². The second-order valence-electron chi connectivity index (χ2n) is 9.06. The van der Waals surface area contributed by atoms with Crippen LogP contribution in [-0.2, 0) is 27.2 Å². The van der Waals surface area contributed by atoms with E-state index in [1.165, 1.54) is 7.05 Å². The van der Waals surface area contributed by atoms with Crippen molar-refractivity contribution in [1.82, 2.24) is 16.1 Å². The minimum absolute atomic E-state index is 0.145. The van der Waals surface area contributed by atoms with Gasteiger partial charge in [-0.15, -0.1) is 0 Å². The van der Waals surface area contributed by atoms with Crippen LogP contribution in [0.3, 0.4) is 0 Å². The van der Waals surface area contributed by atoms with Crippen molar-refractivity contribution in [3.05, 3.63) is 71.8 Å². The molecule has 0 saturated carbocycles.